The molecule has 10 nitrogen and oxygen atoms in total. The topological polar surface area (TPSA) is 136 Å². The maximum atomic E-state index is 12.5. The third-order valence-corrected chi connectivity index (χ3v) is 6.50. The number of hydrogen-bond acceptors (Lipinski definition) is 9. The number of aromatic nitrogens is 2. The first-order valence-corrected chi connectivity index (χ1v) is 11.5. The second-order valence-corrected chi connectivity index (χ2v) is 8.77. The molecule has 0 aliphatic carbocycles. The lowest BCUT2D eigenvalue weighted by Crippen LogP contribution is -2.11. The average molecular weight is 496 g/mol. The standard InChI is InChI=1S/C22H17N5O5S2/c1-12-18(34-22(23-12)26-19(28)13-6-8-16(32-2)9-7-13)17-11-33-21(24-17)25-20(29)14-4-3-5-15(10-14)27(30)31/h3-11H,1-2H3,(H,23,26,28)(H,24,25,29). The summed E-state index contributed by atoms with van der Waals surface area (Å²) in [5, 5.41) is 18.9. The van der Waals surface area contributed by atoms with Gasteiger partial charge >= 0.3 is 0 Å². The molecule has 0 saturated carbocycles. The van der Waals surface area contributed by atoms with Crippen molar-refractivity contribution in [1.29, 1.82) is 0 Å². The van der Waals surface area contributed by atoms with E-state index in [2.05, 4.69) is 20.6 Å². The van der Waals surface area contributed by atoms with Crippen molar-refractivity contribution in [1.82, 2.24) is 9.97 Å². The van der Waals surface area contributed by atoms with E-state index in [-0.39, 0.29) is 17.2 Å². The third-order valence-electron chi connectivity index (χ3n) is 4.65. The minimum absolute atomic E-state index is 0.156. The summed E-state index contributed by atoms with van der Waals surface area (Å²) in [5.41, 5.74) is 1.73. The van der Waals surface area contributed by atoms with E-state index in [1.165, 1.54) is 46.9 Å². The Morgan fingerprint density at radius 1 is 1.00 bits per heavy atom. The van der Waals surface area contributed by atoms with Gasteiger partial charge in [-0.2, -0.15) is 0 Å². The molecule has 0 unspecified atom stereocenters. The Balaban J connectivity index is 1.46. The number of benzene rings is 2. The Morgan fingerprint density at radius 2 is 1.71 bits per heavy atom. The molecule has 34 heavy (non-hydrogen) atoms. The van der Waals surface area contributed by atoms with Crippen molar-refractivity contribution in [3.8, 4) is 16.3 Å². The largest absolute Gasteiger partial charge is 0.497 e. The first kappa shape index (κ1) is 23.0. The highest BCUT2D eigenvalue weighted by Crippen LogP contribution is 2.35. The number of carbonyl (C=O) groups is 2. The number of hydrogen-bond donors (Lipinski definition) is 2. The number of rotatable bonds is 7. The lowest BCUT2D eigenvalue weighted by atomic mass is 10.2. The molecule has 0 aliphatic rings. The van der Waals surface area contributed by atoms with Crippen molar-refractivity contribution < 1.29 is 19.2 Å². The maximum absolute atomic E-state index is 12.5. The Labute approximate surface area is 201 Å². The fourth-order valence-corrected chi connectivity index (χ4v) is 4.66. The first-order chi connectivity index (χ1) is 16.3. The lowest BCUT2D eigenvalue weighted by Gasteiger charge is -2.03. The van der Waals surface area contributed by atoms with Crippen molar-refractivity contribution in [2.24, 2.45) is 0 Å². The number of methoxy groups -OCH3 is 1. The molecule has 2 aromatic heterocycles. The van der Waals surface area contributed by atoms with Crippen LogP contribution >= 0.6 is 22.7 Å². The van der Waals surface area contributed by atoms with Crippen LogP contribution in [0.2, 0.25) is 0 Å². The van der Waals surface area contributed by atoms with E-state index in [0.29, 0.717) is 33.0 Å². The summed E-state index contributed by atoms with van der Waals surface area (Å²) in [6.45, 7) is 1.80. The fraction of sp³-hybridized carbons (Fsp3) is 0.0909. The smallest absolute Gasteiger partial charge is 0.270 e. The fourth-order valence-electron chi connectivity index (χ4n) is 2.96. The molecular formula is C22H17N5O5S2. The predicted octanol–water partition coefficient (Wildman–Crippen LogP) is 5.00. The lowest BCUT2D eigenvalue weighted by molar-refractivity contribution is -0.384. The van der Waals surface area contributed by atoms with Gasteiger partial charge in [0.2, 0.25) is 0 Å². The van der Waals surface area contributed by atoms with Gasteiger partial charge in [0.1, 0.15) is 5.75 Å². The molecule has 2 amide bonds. The Morgan fingerprint density at radius 3 is 2.41 bits per heavy atom. The molecule has 0 fully saturated rings. The van der Waals surface area contributed by atoms with Crippen molar-refractivity contribution in [2.45, 2.75) is 6.92 Å². The number of non-ortho nitro benzene ring substituents is 1. The zero-order valence-corrected chi connectivity index (χ0v) is 19.5. The van der Waals surface area contributed by atoms with E-state index in [0.717, 1.165) is 4.88 Å². The van der Waals surface area contributed by atoms with Crippen LogP contribution in [-0.4, -0.2) is 33.8 Å². The number of thiazole rings is 2. The molecule has 2 aromatic carbocycles. The van der Waals surface area contributed by atoms with Gasteiger partial charge in [0.15, 0.2) is 10.3 Å². The molecule has 4 rings (SSSR count). The van der Waals surface area contributed by atoms with Crippen LogP contribution in [0.5, 0.6) is 5.75 Å². The highest BCUT2D eigenvalue weighted by molar-refractivity contribution is 7.20. The number of amides is 2. The monoisotopic (exact) mass is 495 g/mol. The summed E-state index contributed by atoms with van der Waals surface area (Å²) in [6.07, 6.45) is 0. The molecule has 0 spiro atoms. The molecule has 172 valence electrons. The van der Waals surface area contributed by atoms with Crippen molar-refractivity contribution in [2.75, 3.05) is 17.7 Å². The predicted molar refractivity (Wildman–Crippen MR) is 130 cm³/mol. The van der Waals surface area contributed by atoms with Gasteiger partial charge in [-0.05, 0) is 37.3 Å². The van der Waals surface area contributed by atoms with Crippen LogP contribution in [0.15, 0.2) is 53.9 Å². The van der Waals surface area contributed by atoms with Crippen molar-refractivity contribution >= 4 is 50.4 Å². The minimum Gasteiger partial charge on any atom is -0.497 e. The van der Waals surface area contributed by atoms with E-state index >= 15 is 0 Å². The average Bonchev–Trinajstić information content (AvgIpc) is 3.44. The molecule has 12 heteroatoms. The van der Waals surface area contributed by atoms with Crippen LogP contribution < -0.4 is 15.4 Å². The molecule has 0 atom stereocenters. The van der Waals surface area contributed by atoms with Crippen molar-refractivity contribution in [3.63, 3.8) is 0 Å². The summed E-state index contributed by atoms with van der Waals surface area (Å²) >= 11 is 2.48. The first-order valence-electron chi connectivity index (χ1n) is 9.78. The van der Waals surface area contributed by atoms with Gasteiger partial charge in [-0.15, -0.1) is 11.3 Å². The summed E-state index contributed by atoms with van der Waals surface area (Å²) in [4.78, 5) is 44.9. The molecule has 0 bridgehead atoms. The number of nitro benzene ring substituents is 1. The van der Waals surface area contributed by atoms with E-state index in [1.807, 2.05) is 0 Å². The molecule has 4 aromatic rings. The summed E-state index contributed by atoms with van der Waals surface area (Å²) in [7, 11) is 1.55. The number of nitro groups is 1. The van der Waals surface area contributed by atoms with Gasteiger partial charge in [-0.3, -0.25) is 30.3 Å². The number of carbonyl (C=O) groups excluding carboxylic acids is 2. The SMILES string of the molecule is COc1ccc(C(=O)Nc2nc(C)c(-c3csc(NC(=O)c4cccc([N+](=O)[O-])c4)n3)s2)cc1. The highest BCUT2D eigenvalue weighted by Gasteiger charge is 2.17. The van der Waals surface area contributed by atoms with Crippen molar-refractivity contribution in [3.05, 3.63) is 80.8 Å². The van der Waals surface area contributed by atoms with Crippen LogP contribution in [-0.2, 0) is 0 Å². The Kier molecular flexibility index (Phi) is 6.61. The number of aryl methyl sites for hydroxylation is 1. The Hall–Kier alpha value is -4.16. The number of ether oxygens (including phenoxy) is 1. The molecule has 0 aliphatic heterocycles. The third kappa shape index (κ3) is 5.08. The molecule has 0 saturated heterocycles. The second-order valence-electron chi connectivity index (χ2n) is 6.92. The van der Waals surface area contributed by atoms with E-state index < -0.39 is 10.8 Å². The zero-order valence-electron chi connectivity index (χ0n) is 17.9. The van der Waals surface area contributed by atoms with E-state index in [9.17, 15) is 19.7 Å². The molecule has 2 N–H and O–H groups in total. The number of nitrogens with zero attached hydrogens (tertiary/aromatic N) is 3. The molecule has 2 heterocycles. The summed E-state index contributed by atoms with van der Waals surface area (Å²) in [5.74, 6) is -0.148. The van der Waals surface area contributed by atoms with Crippen LogP contribution in [0.4, 0.5) is 16.0 Å². The van der Waals surface area contributed by atoms with E-state index in [4.69, 9.17) is 4.74 Å². The maximum Gasteiger partial charge on any atom is 0.270 e. The zero-order chi connectivity index (χ0) is 24.2. The number of nitrogens with one attached hydrogen (secondary N) is 2. The summed E-state index contributed by atoms with van der Waals surface area (Å²) < 4.78 is 5.10. The van der Waals surface area contributed by atoms with Gasteiger partial charge < -0.3 is 4.74 Å². The van der Waals surface area contributed by atoms with Crippen LogP contribution in [0.1, 0.15) is 26.4 Å². The Bertz CT molecular complexity index is 1380. The van der Waals surface area contributed by atoms with Gasteiger partial charge in [0, 0.05) is 28.6 Å². The van der Waals surface area contributed by atoms with Gasteiger partial charge in [-0.25, -0.2) is 9.97 Å². The van der Waals surface area contributed by atoms with Crippen LogP contribution in [0, 0.1) is 17.0 Å². The van der Waals surface area contributed by atoms with Gasteiger partial charge in [-0.1, -0.05) is 17.4 Å². The number of anilines is 2. The highest BCUT2D eigenvalue weighted by atomic mass is 32.1. The van der Waals surface area contributed by atoms with Crippen LogP contribution in [0.25, 0.3) is 10.6 Å². The van der Waals surface area contributed by atoms with Crippen LogP contribution in [0.3, 0.4) is 0 Å². The second kappa shape index (κ2) is 9.77. The molecule has 0 radical (unpaired) electrons. The van der Waals surface area contributed by atoms with Gasteiger partial charge in [0.25, 0.3) is 17.5 Å². The normalized spacial score (nSPS) is 10.5. The minimum atomic E-state index is -0.560. The van der Waals surface area contributed by atoms with Gasteiger partial charge in [0.05, 0.1) is 28.3 Å². The molecular weight excluding hydrogens is 478 g/mol. The quantitative estimate of drug-likeness (QED) is 0.272. The van der Waals surface area contributed by atoms with E-state index in [1.54, 1.807) is 43.7 Å². The summed E-state index contributed by atoms with van der Waals surface area (Å²) in [6, 6.07) is 12.2.